The second kappa shape index (κ2) is 9.46. The molecule has 0 aliphatic carbocycles. The molecule has 0 aromatic heterocycles. The van der Waals surface area contributed by atoms with Gasteiger partial charge in [-0.2, -0.15) is 0 Å². The van der Waals surface area contributed by atoms with Crippen molar-refractivity contribution < 1.29 is 9.90 Å². The van der Waals surface area contributed by atoms with Crippen molar-refractivity contribution in [3.63, 3.8) is 0 Å². The SMILES string of the molecule is CCCCCC[C@@H](O)CC=CC=O. The van der Waals surface area contributed by atoms with Crippen molar-refractivity contribution in [3.05, 3.63) is 12.2 Å². The lowest BCUT2D eigenvalue weighted by Gasteiger charge is -2.06. The molecule has 0 radical (unpaired) electrons. The normalized spacial score (nSPS) is 13.4. The summed E-state index contributed by atoms with van der Waals surface area (Å²) in [5.74, 6) is 0. The number of aliphatic hydroxyl groups is 1. The zero-order valence-electron chi connectivity index (χ0n) is 8.41. The Balaban J connectivity index is 3.24. The fraction of sp³-hybridized carbons (Fsp3) is 0.727. The van der Waals surface area contributed by atoms with Gasteiger partial charge in [0.1, 0.15) is 6.29 Å². The highest BCUT2D eigenvalue weighted by molar-refractivity contribution is 5.64. The lowest BCUT2D eigenvalue weighted by Crippen LogP contribution is -2.04. The van der Waals surface area contributed by atoms with Crippen molar-refractivity contribution in [1.82, 2.24) is 0 Å². The molecule has 0 aliphatic rings. The van der Waals surface area contributed by atoms with E-state index in [1.807, 2.05) is 0 Å². The molecule has 0 rings (SSSR count). The topological polar surface area (TPSA) is 37.3 Å². The van der Waals surface area contributed by atoms with Gasteiger partial charge in [-0.3, -0.25) is 4.79 Å². The van der Waals surface area contributed by atoms with Gasteiger partial charge in [0.05, 0.1) is 6.10 Å². The number of hydrogen-bond acceptors (Lipinski definition) is 2. The second-order valence-electron chi connectivity index (χ2n) is 3.30. The van der Waals surface area contributed by atoms with Gasteiger partial charge in [-0.1, -0.05) is 38.7 Å². The van der Waals surface area contributed by atoms with Crippen LogP contribution in [-0.2, 0) is 4.79 Å². The van der Waals surface area contributed by atoms with E-state index in [-0.39, 0.29) is 6.10 Å². The highest BCUT2D eigenvalue weighted by atomic mass is 16.3. The monoisotopic (exact) mass is 184 g/mol. The van der Waals surface area contributed by atoms with E-state index >= 15 is 0 Å². The van der Waals surface area contributed by atoms with Gasteiger partial charge in [-0.05, 0) is 18.9 Å². The molecular weight excluding hydrogens is 164 g/mol. The number of hydrogen-bond donors (Lipinski definition) is 1. The molecule has 2 nitrogen and oxygen atoms in total. The molecule has 0 unspecified atom stereocenters. The molecule has 2 heteroatoms. The highest BCUT2D eigenvalue weighted by Crippen LogP contribution is 2.07. The predicted octanol–water partition coefficient (Wildman–Crippen LogP) is 2.46. The lowest BCUT2D eigenvalue weighted by atomic mass is 10.1. The third-order valence-electron chi connectivity index (χ3n) is 2.01. The number of rotatable bonds is 8. The third kappa shape index (κ3) is 9.28. The number of aldehydes is 1. The fourth-order valence-corrected chi connectivity index (χ4v) is 1.22. The Bertz CT molecular complexity index is 141. The summed E-state index contributed by atoms with van der Waals surface area (Å²) in [6, 6.07) is 0. The molecule has 0 saturated carbocycles. The van der Waals surface area contributed by atoms with Crippen molar-refractivity contribution in [2.45, 2.75) is 51.6 Å². The molecule has 0 aliphatic heterocycles. The molecule has 0 amide bonds. The molecule has 0 spiro atoms. The van der Waals surface area contributed by atoms with Gasteiger partial charge < -0.3 is 5.11 Å². The van der Waals surface area contributed by atoms with Crippen molar-refractivity contribution in [3.8, 4) is 0 Å². The van der Waals surface area contributed by atoms with E-state index in [1.54, 1.807) is 6.08 Å². The molecule has 13 heavy (non-hydrogen) atoms. The average molecular weight is 184 g/mol. The van der Waals surface area contributed by atoms with Crippen LogP contribution in [0, 0.1) is 0 Å². The average Bonchev–Trinajstić information content (AvgIpc) is 2.13. The van der Waals surface area contributed by atoms with E-state index in [2.05, 4.69) is 6.92 Å². The van der Waals surface area contributed by atoms with E-state index in [1.165, 1.54) is 25.3 Å². The van der Waals surface area contributed by atoms with Crippen LogP contribution in [0.4, 0.5) is 0 Å². The molecule has 0 heterocycles. The first-order valence-corrected chi connectivity index (χ1v) is 5.09. The van der Waals surface area contributed by atoms with Gasteiger partial charge in [-0.15, -0.1) is 0 Å². The first kappa shape index (κ1) is 12.4. The Labute approximate surface area is 80.7 Å². The molecule has 76 valence electrons. The molecule has 1 N–H and O–H groups in total. The Kier molecular flexibility index (Phi) is 9.00. The lowest BCUT2D eigenvalue weighted by molar-refractivity contribution is -0.104. The van der Waals surface area contributed by atoms with Gasteiger partial charge in [0.2, 0.25) is 0 Å². The van der Waals surface area contributed by atoms with Crippen LogP contribution in [0.3, 0.4) is 0 Å². The minimum Gasteiger partial charge on any atom is -0.393 e. The number of aliphatic hydroxyl groups excluding tert-OH is 1. The first-order valence-electron chi connectivity index (χ1n) is 5.09. The van der Waals surface area contributed by atoms with Gasteiger partial charge >= 0.3 is 0 Å². The standard InChI is InChI=1S/C11H20O2/c1-2-3-4-5-8-11(13)9-6-7-10-12/h6-7,10-11,13H,2-5,8-9H2,1H3/t11-/m1/s1. The first-order chi connectivity index (χ1) is 6.31. The van der Waals surface area contributed by atoms with Gasteiger partial charge in [0, 0.05) is 0 Å². The molecule has 0 fully saturated rings. The zero-order chi connectivity index (χ0) is 9.94. The minimum absolute atomic E-state index is 0.270. The van der Waals surface area contributed by atoms with Gasteiger partial charge in [0.15, 0.2) is 0 Å². The van der Waals surface area contributed by atoms with E-state index in [4.69, 9.17) is 0 Å². The summed E-state index contributed by atoms with van der Waals surface area (Å²) in [4.78, 5) is 9.92. The number of carbonyl (C=O) groups is 1. The van der Waals surface area contributed by atoms with Gasteiger partial charge in [0.25, 0.3) is 0 Å². The maximum absolute atomic E-state index is 9.92. The minimum atomic E-state index is -0.270. The summed E-state index contributed by atoms with van der Waals surface area (Å²) in [6.45, 7) is 2.17. The largest absolute Gasteiger partial charge is 0.393 e. The van der Waals surface area contributed by atoms with Crippen LogP contribution >= 0.6 is 0 Å². The van der Waals surface area contributed by atoms with E-state index in [0.29, 0.717) is 6.42 Å². The Morgan fingerprint density at radius 3 is 2.69 bits per heavy atom. The molecule has 1 atom stereocenters. The maximum atomic E-state index is 9.92. The Morgan fingerprint density at radius 2 is 2.08 bits per heavy atom. The van der Waals surface area contributed by atoms with Crippen LogP contribution in [-0.4, -0.2) is 17.5 Å². The summed E-state index contributed by atoms with van der Waals surface area (Å²) in [5.41, 5.74) is 0. The maximum Gasteiger partial charge on any atom is 0.142 e. The molecule has 0 aromatic rings. The second-order valence-corrected chi connectivity index (χ2v) is 3.30. The number of allylic oxidation sites excluding steroid dienone is 1. The van der Waals surface area contributed by atoms with Crippen LogP contribution in [0.2, 0.25) is 0 Å². The predicted molar refractivity (Wildman–Crippen MR) is 54.6 cm³/mol. The van der Waals surface area contributed by atoms with Crippen molar-refractivity contribution in [2.75, 3.05) is 0 Å². The molecular formula is C11H20O2. The Morgan fingerprint density at radius 1 is 1.31 bits per heavy atom. The summed E-state index contributed by atoms with van der Waals surface area (Å²) in [7, 11) is 0. The van der Waals surface area contributed by atoms with Crippen LogP contribution in [0.5, 0.6) is 0 Å². The number of carbonyl (C=O) groups excluding carboxylic acids is 1. The zero-order valence-corrected chi connectivity index (χ0v) is 8.41. The van der Waals surface area contributed by atoms with Crippen molar-refractivity contribution >= 4 is 6.29 Å². The van der Waals surface area contributed by atoms with Crippen molar-refractivity contribution in [2.24, 2.45) is 0 Å². The van der Waals surface area contributed by atoms with Crippen LogP contribution in [0.15, 0.2) is 12.2 Å². The summed E-state index contributed by atoms with van der Waals surface area (Å²) in [5, 5.41) is 9.41. The van der Waals surface area contributed by atoms with Crippen LogP contribution in [0.1, 0.15) is 45.4 Å². The van der Waals surface area contributed by atoms with E-state index in [0.717, 1.165) is 19.1 Å². The summed E-state index contributed by atoms with van der Waals surface area (Å²) < 4.78 is 0. The quantitative estimate of drug-likeness (QED) is 0.357. The van der Waals surface area contributed by atoms with Crippen LogP contribution in [0.25, 0.3) is 0 Å². The summed E-state index contributed by atoms with van der Waals surface area (Å²) >= 11 is 0. The van der Waals surface area contributed by atoms with Crippen LogP contribution < -0.4 is 0 Å². The highest BCUT2D eigenvalue weighted by Gasteiger charge is 2.00. The van der Waals surface area contributed by atoms with E-state index in [9.17, 15) is 9.90 Å². The molecule has 0 aromatic carbocycles. The Hall–Kier alpha value is -0.630. The molecule has 0 saturated heterocycles. The summed E-state index contributed by atoms with van der Waals surface area (Å²) in [6.07, 6.45) is 9.84. The smallest absolute Gasteiger partial charge is 0.142 e. The van der Waals surface area contributed by atoms with Crippen molar-refractivity contribution in [1.29, 1.82) is 0 Å². The fourth-order valence-electron chi connectivity index (χ4n) is 1.22. The van der Waals surface area contributed by atoms with E-state index < -0.39 is 0 Å². The molecule has 0 bridgehead atoms. The third-order valence-corrected chi connectivity index (χ3v) is 2.01. The van der Waals surface area contributed by atoms with Gasteiger partial charge in [-0.25, -0.2) is 0 Å². The number of unbranched alkanes of at least 4 members (excludes halogenated alkanes) is 3.